The van der Waals surface area contributed by atoms with E-state index in [4.69, 9.17) is 9.84 Å². The van der Waals surface area contributed by atoms with E-state index in [0.29, 0.717) is 26.1 Å². The highest BCUT2D eigenvalue weighted by Gasteiger charge is 2.23. The molecule has 0 aromatic rings. The number of carboxylic acid groups (broad SMARTS) is 1. The first kappa shape index (κ1) is 16.4. The Hall–Kier alpha value is -1.63. The zero-order valence-corrected chi connectivity index (χ0v) is 11.8. The topological polar surface area (TPSA) is 95.9 Å². The minimum absolute atomic E-state index is 0.0448. The first-order chi connectivity index (χ1) is 9.50. The Labute approximate surface area is 118 Å². The lowest BCUT2D eigenvalue weighted by molar-refractivity contribution is -0.137. The van der Waals surface area contributed by atoms with Gasteiger partial charge in [-0.25, -0.2) is 4.79 Å². The lowest BCUT2D eigenvalue weighted by atomic mass is 10.1. The average molecular weight is 286 g/mol. The third kappa shape index (κ3) is 6.01. The zero-order valence-electron chi connectivity index (χ0n) is 11.8. The number of hydrogen-bond donors (Lipinski definition) is 2. The van der Waals surface area contributed by atoms with Crippen molar-refractivity contribution in [2.75, 3.05) is 20.3 Å². The molecule has 2 N–H and O–H groups in total. The van der Waals surface area contributed by atoms with E-state index in [9.17, 15) is 14.4 Å². The van der Waals surface area contributed by atoms with Crippen molar-refractivity contribution >= 4 is 17.9 Å². The molecule has 7 heteroatoms. The number of urea groups is 1. The van der Waals surface area contributed by atoms with E-state index < -0.39 is 12.0 Å². The molecule has 1 rings (SSSR count). The molecule has 0 atom stereocenters. The summed E-state index contributed by atoms with van der Waals surface area (Å²) in [5, 5.41) is 10.8. The van der Waals surface area contributed by atoms with Crippen molar-refractivity contribution in [1.82, 2.24) is 10.2 Å². The normalized spacial score (nSPS) is 15.7. The second kappa shape index (κ2) is 8.52. The van der Waals surface area contributed by atoms with E-state index in [2.05, 4.69) is 5.32 Å². The van der Waals surface area contributed by atoms with Gasteiger partial charge in [-0.05, 0) is 25.7 Å². The van der Waals surface area contributed by atoms with Crippen LogP contribution >= 0.6 is 0 Å². The maximum absolute atomic E-state index is 11.9. The third-order valence-corrected chi connectivity index (χ3v) is 3.35. The standard InChI is InChI=1S/C13H22N2O5/c1-15(10-6-8-20-9-7-10)13(19)14-11(16)4-2-3-5-12(17)18/h10H,2-9H2,1H3,(H,17,18)(H,14,16,19). The van der Waals surface area contributed by atoms with Gasteiger partial charge in [-0.15, -0.1) is 0 Å². The molecule has 1 heterocycles. The number of aliphatic carboxylic acids is 1. The highest BCUT2D eigenvalue weighted by atomic mass is 16.5. The van der Waals surface area contributed by atoms with Crippen molar-refractivity contribution in [2.24, 2.45) is 0 Å². The molecule has 0 saturated carbocycles. The number of imide groups is 1. The molecule has 0 aliphatic carbocycles. The molecule has 1 aliphatic rings. The van der Waals surface area contributed by atoms with Crippen LogP contribution in [0.4, 0.5) is 4.79 Å². The number of carbonyl (C=O) groups is 3. The summed E-state index contributed by atoms with van der Waals surface area (Å²) in [5.74, 6) is -1.24. The van der Waals surface area contributed by atoms with Crippen molar-refractivity contribution in [3.8, 4) is 0 Å². The molecule has 3 amide bonds. The summed E-state index contributed by atoms with van der Waals surface area (Å²) < 4.78 is 5.22. The molecule has 1 saturated heterocycles. The average Bonchev–Trinajstić information content (AvgIpc) is 2.43. The summed E-state index contributed by atoms with van der Waals surface area (Å²) >= 11 is 0. The summed E-state index contributed by atoms with van der Waals surface area (Å²) in [6.45, 7) is 1.26. The number of hydrogen-bond acceptors (Lipinski definition) is 4. The van der Waals surface area contributed by atoms with E-state index in [0.717, 1.165) is 12.8 Å². The van der Waals surface area contributed by atoms with Crippen molar-refractivity contribution in [2.45, 2.75) is 44.6 Å². The van der Waals surface area contributed by atoms with Crippen molar-refractivity contribution in [1.29, 1.82) is 0 Å². The summed E-state index contributed by atoms with van der Waals surface area (Å²) in [6, 6.07) is -0.302. The number of nitrogens with one attached hydrogen (secondary N) is 1. The molecule has 1 aliphatic heterocycles. The van der Waals surface area contributed by atoms with Gasteiger partial charge in [0.05, 0.1) is 0 Å². The maximum Gasteiger partial charge on any atom is 0.324 e. The number of rotatable bonds is 6. The van der Waals surface area contributed by atoms with Gasteiger partial charge in [0.25, 0.3) is 0 Å². The quantitative estimate of drug-likeness (QED) is 0.709. The van der Waals surface area contributed by atoms with Gasteiger partial charge < -0.3 is 14.7 Å². The Morgan fingerprint density at radius 1 is 1.20 bits per heavy atom. The summed E-state index contributed by atoms with van der Waals surface area (Å²) in [4.78, 5) is 35.3. The molecule has 0 unspecified atom stereocenters. The zero-order chi connectivity index (χ0) is 15.0. The molecule has 7 nitrogen and oxygen atoms in total. The number of carboxylic acids is 1. The molecule has 1 fully saturated rings. The van der Waals surface area contributed by atoms with E-state index in [1.807, 2.05) is 0 Å². The van der Waals surface area contributed by atoms with Gasteiger partial charge in [-0.3, -0.25) is 14.9 Å². The molecule has 0 bridgehead atoms. The Kier molecular flexibility index (Phi) is 7.00. The number of nitrogens with zero attached hydrogens (tertiary/aromatic N) is 1. The summed E-state index contributed by atoms with van der Waals surface area (Å²) in [6.07, 6.45) is 2.66. The number of carbonyl (C=O) groups excluding carboxylic acids is 2. The van der Waals surface area contributed by atoms with Crippen LogP contribution in [0.25, 0.3) is 0 Å². The minimum Gasteiger partial charge on any atom is -0.481 e. The predicted octanol–water partition coefficient (Wildman–Crippen LogP) is 0.978. The van der Waals surface area contributed by atoms with Crippen molar-refractivity contribution in [3.05, 3.63) is 0 Å². The fraction of sp³-hybridized carbons (Fsp3) is 0.769. The SMILES string of the molecule is CN(C(=O)NC(=O)CCCCC(=O)O)C1CCOCC1. The second-order valence-corrected chi connectivity index (χ2v) is 4.91. The van der Waals surface area contributed by atoms with E-state index >= 15 is 0 Å². The lowest BCUT2D eigenvalue weighted by Gasteiger charge is -2.30. The molecule has 0 spiro atoms. The van der Waals surface area contributed by atoms with Gasteiger partial charge in [0.2, 0.25) is 5.91 Å². The van der Waals surface area contributed by atoms with Crippen LogP contribution in [-0.2, 0) is 14.3 Å². The molecule has 0 radical (unpaired) electrons. The first-order valence-electron chi connectivity index (χ1n) is 6.87. The van der Waals surface area contributed by atoms with Gasteiger partial charge in [0, 0.05) is 39.1 Å². The largest absolute Gasteiger partial charge is 0.481 e. The Balaban J connectivity index is 2.22. The third-order valence-electron chi connectivity index (χ3n) is 3.35. The fourth-order valence-corrected chi connectivity index (χ4v) is 2.07. The van der Waals surface area contributed by atoms with Crippen LogP contribution in [-0.4, -0.2) is 54.2 Å². The van der Waals surface area contributed by atoms with Crippen LogP contribution in [0.2, 0.25) is 0 Å². The summed E-state index contributed by atoms with van der Waals surface area (Å²) in [5.41, 5.74) is 0. The van der Waals surface area contributed by atoms with Crippen LogP contribution in [0.5, 0.6) is 0 Å². The van der Waals surface area contributed by atoms with Crippen LogP contribution in [0.15, 0.2) is 0 Å². The highest BCUT2D eigenvalue weighted by molar-refractivity contribution is 5.94. The number of unbranched alkanes of at least 4 members (excludes halogenated alkanes) is 1. The molecular formula is C13H22N2O5. The Morgan fingerprint density at radius 3 is 2.40 bits per heavy atom. The van der Waals surface area contributed by atoms with Gasteiger partial charge in [0.1, 0.15) is 0 Å². The molecule has 20 heavy (non-hydrogen) atoms. The van der Waals surface area contributed by atoms with Crippen LogP contribution in [0.1, 0.15) is 38.5 Å². The van der Waals surface area contributed by atoms with Crippen molar-refractivity contribution in [3.63, 3.8) is 0 Å². The molecular weight excluding hydrogens is 264 g/mol. The predicted molar refractivity (Wildman–Crippen MR) is 71.2 cm³/mol. The maximum atomic E-state index is 11.9. The van der Waals surface area contributed by atoms with E-state index in [1.54, 1.807) is 7.05 Å². The molecule has 0 aromatic carbocycles. The second-order valence-electron chi connectivity index (χ2n) is 4.91. The Morgan fingerprint density at radius 2 is 1.80 bits per heavy atom. The number of ether oxygens (including phenoxy) is 1. The van der Waals surface area contributed by atoms with Gasteiger partial charge >= 0.3 is 12.0 Å². The lowest BCUT2D eigenvalue weighted by Crippen LogP contribution is -2.47. The molecule has 0 aromatic heterocycles. The highest BCUT2D eigenvalue weighted by Crippen LogP contribution is 2.12. The van der Waals surface area contributed by atoms with Gasteiger partial charge in [-0.2, -0.15) is 0 Å². The Bertz CT molecular complexity index is 353. The fourth-order valence-electron chi connectivity index (χ4n) is 2.07. The first-order valence-corrected chi connectivity index (χ1v) is 6.87. The van der Waals surface area contributed by atoms with E-state index in [1.165, 1.54) is 4.90 Å². The van der Waals surface area contributed by atoms with Crippen LogP contribution < -0.4 is 5.32 Å². The van der Waals surface area contributed by atoms with Crippen LogP contribution in [0.3, 0.4) is 0 Å². The van der Waals surface area contributed by atoms with Gasteiger partial charge in [0.15, 0.2) is 0 Å². The van der Waals surface area contributed by atoms with Crippen molar-refractivity contribution < 1.29 is 24.2 Å². The summed E-state index contributed by atoms with van der Waals surface area (Å²) in [7, 11) is 1.67. The van der Waals surface area contributed by atoms with Gasteiger partial charge in [-0.1, -0.05) is 0 Å². The monoisotopic (exact) mass is 286 g/mol. The minimum atomic E-state index is -0.874. The van der Waals surface area contributed by atoms with Crippen LogP contribution in [0, 0.1) is 0 Å². The number of amides is 3. The van der Waals surface area contributed by atoms with E-state index in [-0.39, 0.29) is 24.8 Å². The smallest absolute Gasteiger partial charge is 0.324 e. The molecule has 114 valence electrons.